The van der Waals surface area contributed by atoms with Crippen LogP contribution in [0.2, 0.25) is 0 Å². The average molecular weight is 269 g/mol. The van der Waals surface area contributed by atoms with Gasteiger partial charge in [-0.15, -0.1) is 0 Å². The third kappa shape index (κ3) is 2.20. The number of hydrogen-bond donors (Lipinski definition) is 0. The van der Waals surface area contributed by atoms with E-state index in [0.717, 1.165) is 6.07 Å². The van der Waals surface area contributed by atoms with Crippen LogP contribution < -0.4 is 4.74 Å². The van der Waals surface area contributed by atoms with Gasteiger partial charge in [-0.1, -0.05) is 0 Å². The molecule has 0 saturated heterocycles. The van der Waals surface area contributed by atoms with Crippen LogP contribution in [0.1, 0.15) is 11.1 Å². The van der Waals surface area contributed by atoms with E-state index in [1.54, 1.807) is 0 Å². The lowest BCUT2D eigenvalue weighted by Gasteiger charge is -2.12. The van der Waals surface area contributed by atoms with Crippen LogP contribution in [0.25, 0.3) is 0 Å². The first-order chi connectivity index (χ1) is 6.36. The third-order valence-electron chi connectivity index (χ3n) is 1.80. The van der Waals surface area contributed by atoms with Crippen molar-refractivity contribution in [1.82, 2.24) is 0 Å². The van der Waals surface area contributed by atoms with Crippen LogP contribution in [0.15, 0.2) is 16.6 Å². The van der Waals surface area contributed by atoms with E-state index < -0.39 is 11.7 Å². The van der Waals surface area contributed by atoms with Crippen LogP contribution in [0.3, 0.4) is 0 Å². The molecule has 0 atom stereocenters. The van der Waals surface area contributed by atoms with Crippen molar-refractivity contribution in [2.75, 3.05) is 7.11 Å². The summed E-state index contributed by atoms with van der Waals surface area (Å²) in [5.41, 5.74) is -0.497. The molecule has 0 N–H and O–H groups in total. The maximum atomic E-state index is 12.4. The van der Waals surface area contributed by atoms with Gasteiger partial charge in [-0.2, -0.15) is 13.2 Å². The van der Waals surface area contributed by atoms with Crippen molar-refractivity contribution in [2.24, 2.45) is 0 Å². The molecule has 0 fully saturated rings. The van der Waals surface area contributed by atoms with Gasteiger partial charge in [0.25, 0.3) is 0 Å². The van der Waals surface area contributed by atoms with Gasteiger partial charge in [0, 0.05) is 0 Å². The lowest BCUT2D eigenvalue weighted by atomic mass is 10.1. The first-order valence-corrected chi connectivity index (χ1v) is 4.57. The predicted molar refractivity (Wildman–Crippen MR) is 50.4 cm³/mol. The van der Waals surface area contributed by atoms with Crippen LogP contribution in [0.4, 0.5) is 13.2 Å². The SMILES string of the molecule is COc1cc(C(F)(F)F)c(C)cc1Br. The van der Waals surface area contributed by atoms with Crippen LogP contribution in [0.5, 0.6) is 5.75 Å². The predicted octanol–water partition coefficient (Wildman–Crippen LogP) is 3.78. The summed E-state index contributed by atoms with van der Waals surface area (Å²) < 4.78 is 42.6. The van der Waals surface area contributed by atoms with Crippen molar-refractivity contribution < 1.29 is 17.9 Å². The van der Waals surface area contributed by atoms with E-state index in [0.29, 0.717) is 4.47 Å². The summed E-state index contributed by atoms with van der Waals surface area (Å²) in [6.45, 7) is 1.41. The van der Waals surface area contributed by atoms with Crippen molar-refractivity contribution in [3.8, 4) is 5.75 Å². The second-order valence-corrected chi connectivity index (χ2v) is 3.65. The van der Waals surface area contributed by atoms with Gasteiger partial charge in [-0.3, -0.25) is 0 Å². The first-order valence-electron chi connectivity index (χ1n) is 3.77. The highest BCUT2D eigenvalue weighted by molar-refractivity contribution is 9.10. The highest BCUT2D eigenvalue weighted by Gasteiger charge is 2.33. The molecule has 0 saturated carbocycles. The van der Waals surface area contributed by atoms with Crippen molar-refractivity contribution in [2.45, 2.75) is 13.1 Å². The Bertz CT molecular complexity index is 347. The molecule has 78 valence electrons. The summed E-state index contributed by atoms with van der Waals surface area (Å²) in [6, 6.07) is 2.38. The van der Waals surface area contributed by atoms with E-state index in [1.807, 2.05) is 0 Å². The fourth-order valence-electron chi connectivity index (χ4n) is 1.11. The van der Waals surface area contributed by atoms with Gasteiger partial charge in [0.2, 0.25) is 0 Å². The molecule has 0 aliphatic heterocycles. The summed E-state index contributed by atoms with van der Waals surface area (Å²) in [5.74, 6) is 0.183. The largest absolute Gasteiger partial charge is 0.496 e. The van der Waals surface area contributed by atoms with E-state index in [4.69, 9.17) is 4.74 Å². The molecule has 0 bridgehead atoms. The topological polar surface area (TPSA) is 9.23 Å². The Kier molecular flexibility index (Phi) is 3.09. The van der Waals surface area contributed by atoms with Crippen LogP contribution in [-0.2, 0) is 6.18 Å². The van der Waals surface area contributed by atoms with Crippen molar-refractivity contribution in [3.05, 3.63) is 27.7 Å². The van der Waals surface area contributed by atoms with Gasteiger partial charge in [0.05, 0.1) is 17.1 Å². The number of benzene rings is 1. The zero-order chi connectivity index (χ0) is 10.9. The molecule has 0 unspecified atom stereocenters. The Morgan fingerprint density at radius 2 is 1.86 bits per heavy atom. The summed E-state index contributed by atoms with van der Waals surface area (Å²) in [6.07, 6.45) is -4.34. The molecule has 14 heavy (non-hydrogen) atoms. The second kappa shape index (κ2) is 3.81. The zero-order valence-electron chi connectivity index (χ0n) is 7.57. The van der Waals surface area contributed by atoms with Gasteiger partial charge in [0.15, 0.2) is 0 Å². The lowest BCUT2D eigenvalue weighted by molar-refractivity contribution is -0.138. The monoisotopic (exact) mass is 268 g/mol. The molecule has 0 aliphatic rings. The van der Waals surface area contributed by atoms with Gasteiger partial charge >= 0.3 is 6.18 Å². The Balaban J connectivity index is 3.32. The second-order valence-electron chi connectivity index (χ2n) is 2.80. The number of halogens is 4. The molecule has 0 amide bonds. The number of alkyl halides is 3. The number of methoxy groups -OCH3 is 1. The lowest BCUT2D eigenvalue weighted by Crippen LogP contribution is -2.07. The molecular weight excluding hydrogens is 261 g/mol. The molecule has 0 heterocycles. The minimum atomic E-state index is -4.34. The quantitative estimate of drug-likeness (QED) is 0.753. The number of aryl methyl sites for hydroxylation is 1. The van der Waals surface area contributed by atoms with E-state index >= 15 is 0 Å². The molecule has 0 spiro atoms. The molecular formula is C9H8BrF3O. The summed E-state index contributed by atoms with van der Waals surface area (Å²) in [5, 5.41) is 0. The molecule has 0 radical (unpaired) electrons. The summed E-state index contributed by atoms with van der Waals surface area (Å²) >= 11 is 3.12. The van der Waals surface area contributed by atoms with E-state index in [9.17, 15) is 13.2 Å². The molecule has 1 rings (SSSR count). The standard InChI is InChI=1S/C9H8BrF3O/c1-5-3-7(10)8(14-2)4-6(5)9(11,12)13/h3-4H,1-2H3. The highest BCUT2D eigenvalue weighted by atomic mass is 79.9. The van der Waals surface area contributed by atoms with Gasteiger partial charge in [-0.05, 0) is 40.5 Å². The minimum Gasteiger partial charge on any atom is -0.496 e. The Labute approximate surface area is 88.0 Å². The normalized spacial score (nSPS) is 11.6. The number of hydrogen-bond acceptors (Lipinski definition) is 1. The molecule has 1 aromatic carbocycles. The zero-order valence-corrected chi connectivity index (χ0v) is 9.16. The summed E-state index contributed by atoms with van der Waals surface area (Å²) in [7, 11) is 1.33. The van der Waals surface area contributed by atoms with Gasteiger partial charge < -0.3 is 4.74 Å². The van der Waals surface area contributed by atoms with Crippen LogP contribution in [0, 0.1) is 6.92 Å². The maximum Gasteiger partial charge on any atom is 0.416 e. The van der Waals surface area contributed by atoms with Gasteiger partial charge in [0.1, 0.15) is 5.75 Å². The van der Waals surface area contributed by atoms with Crippen molar-refractivity contribution >= 4 is 15.9 Å². The first kappa shape index (κ1) is 11.4. The molecule has 5 heteroatoms. The van der Waals surface area contributed by atoms with E-state index in [2.05, 4.69) is 15.9 Å². The van der Waals surface area contributed by atoms with Crippen LogP contribution in [-0.4, -0.2) is 7.11 Å². The Morgan fingerprint density at radius 3 is 2.29 bits per heavy atom. The van der Waals surface area contributed by atoms with E-state index in [1.165, 1.54) is 20.1 Å². The highest BCUT2D eigenvalue weighted by Crippen LogP contribution is 2.37. The fraction of sp³-hybridized carbons (Fsp3) is 0.333. The Hall–Kier alpha value is -0.710. The third-order valence-corrected chi connectivity index (χ3v) is 2.42. The van der Waals surface area contributed by atoms with E-state index in [-0.39, 0.29) is 11.3 Å². The van der Waals surface area contributed by atoms with Crippen molar-refractivity contribution in [1.29, 1.82) is 0 Å². The van der Waals surface area contributed by atoms with Gasteiger partial charge in [-0.25, -0.2) is 0 Å². The number of ether oxygens (including phenoxy) is 1. The minimum absolute atomic E-state index is 0.171. The maximum absolute atomic E-state index is 12.4. The average Bonchev–Trinajstić information content (AvgIpc) is 2.02. The summed E-state index contributed by atoms with van der Waals surface area (Å²) in [4.78, 5) is 0. The molecule has 1 aromatic rings. The Morgan fingerprint density at radius 1 is 1.29 bits per heavy atom. The smallest absolute Gasteiger partial charge is 0.416 e. The molecule has 1 nitrogen and oxygen atoms in total. The fourth-order valence-corrected chi connectivity index (χ4v) is 1.73. The van der Waals surface area contributed by atoms with Crippen LogP contribution >= 0.6 is 15.9 Å². The molecule has 0 aromatic heterocycles. The number of rotatable bonds is 1. The molecule has 0 aliphatic carbocycles. The van der Waals surface area contributed by atoms with Crippen molar-refractivity contribution in [3.63, 3.8) is 0 Å².